The number of halogens is 1. The van der Waals surface area contributed by atoms with Crippen LogP contribution < -0.4 is 4.74 Å². The molecule has 25 heavy (non-hydrogen) atoms. The molecule has 0 bridgehead atoms. The topological polar surface area (TPSA) is 22.1 Å². The van der Waals surface area contributed by atoms with Crippen molar-refractivity contribution in [2.45, 2.75) is 0 Å². The summed E-state index contributed by atoms with van der Waals surface area (Å²) in [5.41, 5.74) is 5.28. The first-order chi connectivity index (χ1) is 11.9. The van der Waals surface area contributed by atoms with Gasteiger partial charge in [-0.1, -0.05) is 60.7 Å². The van der Waals surface area contributed by atoms with Crippen LogP contribution in [0.2, 0.25) is 0 Å². The standard InChI is InChI=1S/C22H17NO.ClH/c1-24-22-14-8-6-12-18(22)21-15-19(16-9-3-2-4-10-16)17-11-5-7-13-20(17)23-21;/h2-15H,1H3;1H. The Labute approximate surface area is 153 Å². The number of ether oxygens (including phenoxy) is 1. The molecule has 0 aliphatic heterocycles. The highest BCUT2D eigenvalue weighted by Crippen LogP contribution is 2.35. The number of pyridine rings is 1. The number of para-hydroxylation sites is 2. The zero-order chi connectivity index (χ0) is 16.4. The van der Waals surface area contributed by atoms with Gasteiger partial charge in [-0.25, -0.2) is 4.98 Å². The quantitative estimate of drug-likeness (QED) is 0.453. The Kier molecular flexibility index (Phi) is 5.01. The third-order valence-electron chi connectivity index (χ3n) is 4.18. The molecule has 0 spiro atoms. The number of hydrogen-bond donors (Lipinski definition) is 0. The van der Waals surface area contributed by atoms with Crippen LogP contribution in [0.4, 0.5) is 0 Å². The van der Waals surface area contributed by atoms with Gasteiger partial charge in [-0.15, -0.1) is 12.4 Å². The van der Waals surface area contributed by atoms with E-state index in [4.69, 9.17) is 9.72 Å². The summed E-state index contributed by atoms with van der Waals surface area (Å²) in [5.74, 6) is 0.833. The maximum atomic E-state index is 5.52. The van der Waals surface area contributed by atoms with Gasteiger partial charge >= 0.3 is 0 Å². The van der Waals surface area contributed by atoms with E-state index >= 15 is 0 Å². The molecule has 3 aromatic carbocycles. The molecule has 4 aromatic rings. The zero-order valence-electron chi connectivity index (χ0n) is 13.8. The van der Waals surface area contributed by atoms with E-state index in [2.05, 4.69) is 48.5 Å². The fourth-order valence-electron chi connectivity index (χ4n) is 3.03. The Morgan fingerprint density at radius 2 is 1.40 bits per heavy atom. The third kappa shape index (κ3) is 3.21. The zero-order valence-corrected chi connectivity index (χ0v) is 14.7. The predicted octanol–water partition coefficient (Wildman–Crippen LogP) is 6.00. The second-order valence-electron chi connectivity index (χ2n) is 5.64. The summed E-state index contributed by atoms with van der Waals surface area (Å²) in [6.45, 7) is 0. The largest absolute Gasteiger partial charge is 0.496 e. The lowest BCUT2D eigenvalue weighted by Crippen LogP contribution is -1.92. The van der Waals surface area contributed by atoms with Crippen LogP contribution in [0.15, 0.2) is 84.9 Å². The fourth-order valence-corrected chi connectivity index (χ4v) is 3.03. The fraction of sp³-hybridized carbons (Fsp3) is 0.0455. The van der Waals surface area contributed by atoms with E-state index in [1.807, 2.05) is 36.4 Å². The Bertz CT molecular complexity index is 999. The first-order valence-corrected chi connectivity index (χ1v) is 7.95. The highest BCUT2D eigenvalue weighted by atomic mass is 35.5. The molecule has 124 valence electrons. The molecule has 1 aromatic heterocycles. The van der Waals surface area contributed by atoms with Crippen LogP contribution in [-0.2, 0) is 0 Å². The van der Waals surface area contributed by atoms with Crippen molar-refractivity contribution in [3.8, 4) is 28.1 Å². The Balaban J connectivity index is 0.00000182. The molecule has 0 radical (unpaired) electrons. The van der Waals surface area contributed by atoms with Crippen LogP contribution in [0.25, 0.3) is 33.3 Å². The van der Waals surface area contributed by atoms with Gasteiger partial charge in [-0.3, -0.25) is 0 Å². The lowest BCUT2D eigenvalue weighted by Gasteiger charge is -2.12. The maximum absolute atomic E-state index is 5.52. The molecule has 2 nitrogen and oxygen atoms in total. The van der Waals surface area contributed by atoms with Crippen molar-refractivity contribution in [1.29, 1.82) is 0 Å². The molecular formula is C22H18ClNO. The van der Waals surface area contributed by atoms with Crippen molar-refractivity contribution < 1.29 is 4.74 Å². The molecule has 3 heteroatoms. The van der Waals surface area contributed by atoms with Crippen molar-refractivity contribution in [3.05, 3.63) is 84.9 Å². The summed E-state index contributed by atoms with van der Waals surface area (Å²) in [5, 5.41) is 1.15. The molecule has 0 aliphatic carbocycles. The van der Waals surface area contributed by atoms with E-state index in [1.165, 1.54) is 11.1 Å². The SMILES string of the molecule is COc1ccccc1-c1cc(-c2ccccc2)c2ccccc2n1.Cl. The predicted molar refractivity (Wildman–Crippen MR) is 106 cm³/mol. The average molecular weight is 348 g/mol. The van der Waals surface area contributed by atoms with E-state index in [9.17, 15) is 0 Å². The number of methoxy groups -OCH3 is 1. The van der Waals surface area contributed by atoms with Crippen molar-refractivity contribution in [1.82, 2.24) is 4.98 Å². The molecule has 0 saturated carbocycles. The van der Waals surface area contributed by atoms with Gasteiger partial charge in [0, 0.05) is 10.9 Å². The second-order valence-corrected chi connectivity index (χ2v) is 5.64. The molecule has 0 atom stereocenters. The van der Waals surface area contributed by atoms with E-state index in [-0.39, 0.29) is 12.4 Å². The Hall–Kier alpha value is -2.84. The minimum absolute atomic E-state index is 0. The van der Waals surface area contributed by atoms with Gasteiger partial charge in [0.1, 0.15) is 5.75 Å². The lowest BCUT2D eigenvalue weighted by molar-refractivity contribution is 0.416. The molecule has 0 unspecified atom stereocenters. The maximum Gasteiger partial charge on any atom is 0.128 e. The number of rotatable bonds is 3. The lowest BCUT2D eigenvalue weighted by atomic mass is 9.98. The minimum Gasteiger partial charge on any atom is -0.496 e. The van der Waals surface area contributed by atoms with E-state index < -0.39 is 0 Å². The molecular weight excluding hydrogens is 330 g/mol. The van der Waals surface area contributed by atoms with Crippen LogP contribution in [0.5, 0.6) is 5.75 Å². The normalized spacial score (nSPS) is 10.3. The Morgan fingerprint density at radius 3 is 2.20 bits per heavy atom. The van der Waals surface area contributed by atoms with E-state index in [1.54, 1.807) is 7.11 Å². The molecule has 0 fully saturated rings. The number of hydrogen-bond acceptors (Lipinski definition) is 2. The molecule has 1 heterocycles. The van der Waals surface area contributed by atoms with Crippen molar-refractivity contribution in [2.75, 3.05) is 7.11 Å². The van der Waals surface area contributed by atoms with Crippen LogP contribution in [0, 0.1) is 0 Å². The average Bonchev–Trinajstić information content (AvgIpc) is 2.67. The molecule has 0 saturated heterocycles. The van der Waals surface area contributed by atoms with Gasteiger partial charge in [0.05, 0.1) is 18.3 Å². The summed E-state index contributed by atoms with van der Waals surface area (Å²) in [6, 6.07) is 28.8. The van der Waals surface area contributed by atoms with E-state index in [0.717, 1.165) is 27.9 Å². The first-order valence-electron chi connectivity index (χ1n) is 7.95. The van der Waals surface area contributed by atoms with Gasteiger partial charge in [0.15, 0.2) is 0 Å². The second kappa shape index (κ2) is 7.37. The molecule has 0 N–H and O–H groups in total. The number of aromatic nitrogens is 1. The Morgan fingerprint density at radius 1 is 0.720 bits per heavy atom. The van der Waals surface area contributed by atoms with Gasteiger partial charge in [0.25, 0.3) is 0 Å². The number of benzene rings is 3. The van der Waals surface area contributed by atoms with Gasteiger partial charge in [0.2, 0.25) is 0 Å². The first kappa shape index (κ1) is 17.0. The van der Waals surface area contributed by atoms with Crippen molar-refractivity contribution >= 4 is 23.3 Å². The van der Waals surface area contributed by atoms with Crippen molar-refractivity contribution in [2.24, 2.45) is 0 Å². The summed E-state index contributed by atoms with van der Waals surface area (Å²) in [6.07, 6.45) is 0. The molecule has 0 amide bonds. The van der Waals surface area contributed by atoms with E-state index in [0.29, 0.717) is 0 Å². The summed E-state index contributed by atoms with van der Waals surface area (Å²) in [4.78, 5) is 4.86. The highest BCUT2D eigenvalue weighted by Gasteiger charge is 2.11. The van der Waals surface area contributed by atoms with Gasteiger partial charge in [-0.05, 0) is 35.4 Å². The minimum atomic E-state index is 0. The van der Waals surface area contributed by atoms with Crippen LogP contribution in [0.3, 0.4) is 0 Å². The summed E-state index contributed by atoms with van der Waals surface area (Å²) in [7, 11) is 1.69. The van der Waals surface area contributed by atoms with Crippen LogP contribution in [-0.4, -0.2) is 12.1 Å². The third-order valence-corrected chi connectivity index (χ3v) is 4.18. The van der Waals surface area contributed by atoms with Crippen LogP contribution >= 0.6 is 12.4 Å². The van der Waals surface area contributed by atoms with Gasteiger partial charge < -0.3 is 4.74 Å². The molecule has 0 aliphatic rings. The van der Waals surface area contributed by atoms with Crippen molar-refractivity contribution in [3.63, 3.8) is 0 Å². The highest BCUT2D eigenvalue weighted by molar-refractivity contribution is 5.97. The van der Waals surface area contributed by atoms with Gasteiger partial charge in [-0.2, -0.15) is 0 Å². The summed E-state index contributed by atoms with van der Waals surface area (Å²) < 4.78 is 5.52. The van der Waals surface area contributed by atoms with Crippen LogP contribution in [0.1, 0.15) is 0 Å². The smallest absolute Gasteiger partial charge is 0.128 e. The summed E-state index contributed by atoms with van der Waals surface area (Å²) >= 11 is 0. The molecule has 4 rings (SSSR count). The number of fused-ring (bicyclic) bond motifs is 1. The number of nitrogens with zero attached hydrogens (tertiary/aromatic N) is 1. The monoisotopic (exact) mass is 347 g/mol.